The monoisotopic (exact) mass is 270 g/mol. The van der Waals surface area contributed by atoms with Crippen LogP contribution in [0.25, 0.3) is 0 Å². The standard InChI is InChI=1S/C15H30N2O2/c1-4-11-5-6-13(16)12(7-11)8-17-9-14(18-2)15(10-17)19-3/h11-15H,4-10,16H2,1-3H3. The maximum atomic E-state index is 6.32. The Hall–Kier alpha value is -0.160. The maximum absolute atomic E-state index is 6.32. The molecular weight excluding hydrogens is 240 g/mol. The topological polar surface area (TPSA) is 47.7 Å². The molecule has 112 valence electrons. The first-order chi connectivity index (χ1) is 9.17. The first-order valence-electron chi connectivity index (χ1n) is 7.71. The van der Waals surface area contributed by atoms with Crippen molar-refractivity contribution in [2.45, 2.75) is 50.9 Å². The van der Waals surface area contributed by atoms with Crippen molar-refractivity contribution in [3.63, 3.8) is 0 Å². The molecule has 1 saturated carbocycles. The highest BCUT2D eigenvalue weighted by Gasteiger charge is 2.36. The summed E-state index contributed by atoms with van der Waals surface area (Å²) in [6.07, 6.45) is 5.53. The van der Waals surface area contributed by atoms with Gasteiger partial charge in [-0.2, -0.15) is 0 Å². The fourth-order valence-corrected chi connectivity index (χ4v) is 3.72. The van der Waals surface area contributed by atoms with Gasteiger partial charge in [0.15, 0.2) is 0 Å². The predicted octanol–water partition coefficient (Wildman–Crippen LogP) is 1.49. The summed E-state index contributed by atoms with van der Waals surface area (Å²) in [5.41, 5.74) is 6.32. The van der Waals surface area contributed by atoms with Gasteiger partial charge < -0.3 is 15.2 Å². The Morgan fingerprint density at radius 2 is 1.74 bits per heavy atom. The average Bonchev–Trinajstić information content (AvgIpc) is 2.83. The lowest BCUT2D eigenvalue weighted by Crippen LogP contribution is -2.42. The maximum Gasteiger partial charge on any atom is 0.0971 e. The van der Waals surface area contributed by atoms with Gasteiger partial charge in [0.25, 0.3) is 0 Å². The van der Waals surface area contributed by atoms with E-state index in [2.05, 4.69) is 11.8 Å². The van der Waals surface area contributed by atoms with Crippen LogP contribution in [-0.4, -0.2) is 57.0 Å². The summed E-state index contributed by atoms with van der Waals surface area (Å²) in [4.78, 5) is 2.48. The summed E-state index contributed by atoms with van der Waals surface area (Å²) in [6, 6.07) is 0.380. The van der Waals surface area contributed by atoms with E-state index in [1.54, 1.807) is 14.2 Å². The van der Waals surface area contributed by atoms with Crippen molar-refractivity contribution in [2.24, 2.45) is 17.6 Å². The summed E-state index contributed by atoms with van der Waals surface area (Å²) in [6.45, 7) is 5.37. The Kier molecular flexibility index (Phi) is 5.63. The molecule has 0 aromatic carbocycles. The summed E-state index contributed by atoms with van der Waals surface area (Å²) in [5, 5.41) is 0. The van der Waals surface area contributed by atoms with Gasteiger partial charge >= 0.3 is 0 Å². The van der Waals surface area contributed by atoms with Crippen molar-refractivity contribution < 1.29 is 9.47 Å². The van der Waals surface area contributed by atoms with Gasteiger partial charge in [0.05, 0.1) is 12.2 Å². The van der Waals surface area contributed by atoms with Crippen molar-refractivity contribution in [3.8, 4) is 0 Å². The summed E-state index contributed by atoms with van der Waals surface area (Å²) < 4.78 is 11.0. The van der Waals surface area contributed by atoms with Crippen LogP contribution in [0.5, 0.6) is 0 Å². The van der Waals surface area contributed by atoms with E-state index in [4.69, 9.17) is 15.2 Å². The van der Waals surface area contributed by atoms with Gasteiger partial charge in [-0.1, -0.05) is 13.3 Å². The van der Waals surface area contributed by atoms with Crippen LogP contribution in [0.3, 0.4) is 0 Å². The fraction of sp³-hybridized carbons (Fsp3) is 1.00. The minimum atomic E-state index is 0.215. The molecule has 0 radical (unpaired) electrons. The summed E-state index contributed by atoms with van der Waals surface area (Å²) in [7, 11) is 3.55. The molecule has 2 aliphatic rings. The van der Waals surface area contributed by atoms with Crippen LogP contribution in [0.15, 0.2) is 0 Å². The normalized spacial score (nSPS) is 40.7. The number of nitrogens with zero attached hydrogens (tertiary/aromatic N) is 1. The molecule has 1 aliphatic heterocycles. The second-order valence-corrected chi connectivity index (χ2v) is 6.28. The quantitative estimate of drug-likeness (QED) is 0.822. The minimum absolute atomic E-state index is 0.215. The Labute approximate surface area is 117 Å². The highest BCUT2D eigenvalue weighted by Crippen LogP contribution is 2.31. The SMILES string of the molecule is CCC1CCC(N)C(CN2CC(OC)C(OC)C2)C1. The van der Waals surface area contributed by atoms with Gasteiger partial charge in [-0.15, -0.1) is 0 Å². The van der Waals surface area contributed by atoms with Gasteiger partial charge in [0.1, 0.15) is 0 Å². The second kappa shape index (κ2) is 7.02. The van der Waals surface area contributed by atoms with E-state index in [-0.39, 0.29) is 12.2 Å². The largest absolute Gasteiger partial charge is 0.377 e. The zero-order valence-electron chi connectivity index (χ0n) is 12.7. The van der Waals surface area contributed by atoms with Gasteiger partial charge in [-0.3, -0.25) is 4.90 Å². The number of rotatable bonds is 5. The molecule has 2 rings (SSSR count). The van der Waals surface area contributed by atoms with Crippen LogP contribution < -0.4 is 5.73 Å². The molecule has 4 nitrogen and oxygen atoms in total. The number of likely N-dealkylation sites (tertiary alicyclic amines) is 1. The molecule has 5 unspecified atom stereocenters. The molecule has 1 heterocycles. The van der Waals surface area contributed by atoms with Crippen molar-refractivity contribution in [2.75, 3.05) is 33.9 Å². The molecule has 4 heteroatoms. The number of hydrogen-bond donors (Lipinski definition) is 1. The van der Waals surface area contributed by atoms with Gasteiger partial charge in [-0.25, -0.2) is 0 Å². The van der Waals surface area contributed by atoms with E-state index in [0.29, 0.717) is 12.0 Å². The van der Waals surface area contributed by atoms with Gasteiger partial charge in [0.2, 0.25) is 0 Å². The van der Waals surface area contributed by atoms with Crippen LogP contribution in [0.4, 0.5) is 0 Å². The molecule has 0 spiro atoms. The predicted molar refractivity (Wildman–Crippen MR) is 77.1 cm³/mol. The van der Waals surface area contributed by atoms with Crippen molar-refractivity contribution in [3.05, 3.63) is 0 Å². The Bertz CT molecular complexity index is 263. The lowest BCUT2D eigenvalue weighted by molar-refractivity contribution is -0.00461. The third-order valence-electron chi connectivity index (χ3n) is 5.12. The van der Waals surface area contributed by atoms with Gasteiger partial charge in [0, 0.05) is 39.9 Å². The summed E-state index contributed by atoms with van der Waals surface area (Å²) >= 11 is 0. The number of ether oxygens (including phenoxy) is 2. The fourth-order valence-electron chi connectivity index (χ4n) is 3.72. The van der Waals surface area contributed by atoms with E-state index in [0.717, 1.165) is 25.6 Å². The Morgan fingerprint density at radius 3 is 2.26 bits per heavy atom. The van der Waals surface area contributed by atoms with Crippen molar-refractivity contribution >= 4 is 0 Å². The zero-order valence-corrected chi connectivity index (χ0v) is 12.7. The Morgan fingerprint density at radius 1 is 1.11 bits per heavy atom. The molecule has 2 fully saturated rings. The van der Waals surface area contributed by atoms with Crippen LogP contribution in [-0.2, 0) is 9.47 Å². The number of nitrogens with two attached hydrogens (primary N) is 1. The van der Waals surface area contributed by atoms with Crippen LogP contribution in [0.1, 0.15) is 32.6 Å². The molecule has 0 aromatic rings. The molecule has 0 aromatic heterocycles. The first-order valence-corrected chi connectivity index (χ1v) is 7.71. The van der Waals surface area contributed by atoms with E-state index < -0.39 is 0 Å². The number of hydrogen-bond acceptors (Lipinski definition) is 4. The lowest BCUT2D eigenvalue weighted by atomic mass is 9.77. The third kappa shape index (κ3) is 3.69. The molecule has 1 saturated heterocycles. The molecule has 5 atom stereocenters. The van der Waals surface area contributed by atoms with Crippen molar-refractivity contribution in [1.29, 1.82) is 0 Å². The molecule has 2 N–H and O–H groups in total. The molecule has 1 aliphatic carbocycles. The van der Waals surface area contributed by atoms with E-state index in [1.165, 1.54) is 25.7 Å². The first kappa shape index (κ1) is 15.2. The second-order valence-electron chi connectivity index (χ2n) is 6.28. The van der Waals surface area contributed by atoms with Crippen LogP contribution in [0, 0.1) is 11.8 Å². The zero-order chi connectivity index (χ0) is 13.8. The third-order valence-corrected chi connectivity index (χ3v) is 5.12. The van der Waals surface area contributed by atoms with Crippen LogP contribution >= 0.6 is 0 Å². The molecule has 0 amide bonds. The van der Waals surface area contributed by atoms with Crippen LogP contribution in [0.2, 0.25) is 0 Å². The lowest BCUT2D eigenvalue weighted by Gasteiger charge is -2.36. The van der Waals surface area contributed by atoms with Crippen molar-refractivity contribution in [1.82, 2.24) is 4.90 Å². The molecule has 19 heavy (non-hydrogen) atoms. The number of methoxy groups -OCH3 is 2. The van der Waals surface area contributed by atoms with Gasteiger partial charge in [-0.05, 0) is 31.1 Å². The highest BCUT2D eigenvalue weighted by atomic mass is 16.5. The molecular formula is C15H30N2O2. The van der Waals surface area contributed by atoms with E-state index >= 15 is 0 Å². The molecule has 0 bridgehead atoms. The van der Waals surface area contributed by atoms with E-state index in [9.17, 15) is 0 Å². The highest BCUT2D eigenvalue weighted by molar-refractivity contribution is 4.90. The smallest absolute Gasteiger partial charge is 0.0971 e. The summed E-state index contributed by atoms with van der Waals surface area (Å²) in [5.74, 6) is 1.52. The van der Waals surface area contributed by atoms with E-state index in [1.807, 2.05) is 0 Å². The minimum Gasteiger partial charge on any atom is -0.377 e. The Balaban J connectivity index is 1.86. The average molecular weight is 270 g/mol.